The maximum Gasteiger partial charge on any atom is 0.478 e. The van der Waals surface area contributed by atoms with E-state index in [9.17, 15) is 14.2 Å². The smallest absolute Gasteiger partial charge is 0.438 e. The molecule has 66 heavy (non-hydrogen) atoms. The van der Waals surface area contributed by atoms with Gasteiger partial charge in [0, 0.05) is 0 Å². The number of nitrogens with zero attached hydrogens (tertiary/aromatic N) is 8. The Labute approximate surface area is 376 Å². The van der Waals surface area contributed by atoms with E-state index in [-0.39, 0.29) is 34.0 Å². The minimum atomic E-state index is -5.07. The second-order valence-electron chi connectivity index (χ2n) is 17.8. The Bertz CT molecular complexity index is 2360. The molecule has 0 aromatic carbocycles. The van der Waals surface area contributed by atoms with Gasteiger partial charge in [0.15, 0.2) is 47.7 Å². The van der Waals surface area contributed by atoms with E-state index in [0.717, 1.165) is 51.2 Å². The lowest BCUT2D eigenvalue weighted by Gasteiger charge is -2.32. The highest BCUT2D eigenvalue weighted by atomic mass is 31.2. The fourth-order valence-corrected chi connectivity index (χ4v) is 12.3. The van der Waals surface area contributed by atoms with Gasteiger partial charge in [-0.3, -0.25) is 41.4 Å². The van der Waals surface area contributed by atoms with Gasteiger partial charge >= 0.3 is 27.4 Å². The van der Waals surface area contributed by atoms with Crippen molar-refractivity contribution in [2.45, 2.75) is 134 Å². The number of rotatable bonds is 10. The summed E-state index contributed by atoms with van der Waals surface area (Å²) in [6, 6.07) is 0. The van der Waals surface area contributed by atoms with Crippen molar-refractivity contribution in [3.63, 3.8) is 0 Å². The number of carbonyl (C=O) groups is 2. The first-order valence-corrected chi connectivity index (χ1v) is 25.1. The van der Waals surface area contributed by atoms with Gasteiger partial charge in [0.25, 0.3) is 0 Å². The van der Waals surface area contributed by atoms with Crippen LogP contribution in [0.2, 0.25) is 0 Å². The zero-order valence-corrected chi connectivity index (χ0v) is 38.0. The molecular formula is C39H52F2N10O13P2. The lowest BCUT2D eigenvalue weighted by Crippen LogP contribution is -2.37. The molecular weight excluding hydrogens is 916 g/mol. The summed E-state index contributed by atoms with van der Waals surface area (Å²) in [7, 11) is -9.69. The second-order valence-corrected chi connectivity index (χ2v) is 21.6. The molecule has 360 valence electrons. The molecule has 3 saturated heterocycles. The molecule has 7 heterocycles. The zero-order chi connectivity index (χ0) is 46.4. The first-order valence-electron chi connectivity index (χ1n) is 21.9. The largest absolute Gasteiger partial charge is 0.478 e. The Morgan fingerprint density at radius 1 is 0.712 bits per heavy atom. The molecule has 4 aromatic rings. The molecule has 5 fully saturated rings. The van der Waals surface area contributed by atoms with Gasteiger partial charge in [0.05, 0.1) is 42.4 Å². The number of anilines is 2. The van der Waals surface area contributed by atoms with Crippen LogP contribution in [0, 0.1) is 10.8 Å². The highest BCUT2D eigenvalue weighted by Gasteiger charge is 2.56. The number of hydrogen-bond donors (Lipinski definition) is 2. The van der Waals surface area contributed by atoms with Crippen LogP contribution >= 0.6 is 15.4 Å². The van der Waals surface area contributed by atoms with Crippen LogP contribution < -0.4 is 11.5 Å². The van der Waals surface area contributed by atoms with Crippen molar-refractivity contribution in [3.05, 3.63) is 25.3 Å². The topological polar surface area (TPSA) is 291 Å². The Morgan fingerprint density at radius 2 is 1.20 bits per heavy atom. The monoisotopic (exact) mass is 968 g/mol. The molecule has 5 aliphatic rings. The predicted octanol–water partition coefficient (Wildman–Crippen LogP) is 5.77. The third-order valence-corrected chi connectivity index (χ3v) is 16.5. The van der Waals surface area contributed by atoms with Crippen molar-refractivity contribution in [2.75, 3.05) is 37.8 Å². The summed E-state index contributed by atoms with van der Waals surface area (Å²) in [6.45, 7) is 0.912. The lowest BCUT2D eigenvalue weighted by molar-refractivity contribution is -0.165. The highest BCUT2D eigenvalue weighted by Crippen LogP contribution is 2.59. The number of imidazole rings is 2. The van der Waals surface area contributed by atoms with E-state index in [0.29, 0.717) is 25.7 Å². The van der Waals surface area contributed by atoms with Crippen molar-refractivity contribution < 1.29 is 69.1 Å². The minimum absolute atomic E-state index is 0.000909. The summed E-state index contributed by atoms with van der Waals surface area (Å²) in [5.41, 5.74) is 10.8. The number of ether oxygens (including phenoxy) is 4. The number of hydrogen-bond acceptors (Lipinski definition) is 21. The van der Waals surface area contributed by atoms with Gasteiger partial charge in [0.1, 0.15) is 42.0 Å². The van der Waals surface area contributed by atoms with Gasteiger partial charge in [-0.05, 0) is 46.0 Å². The van der Waals surface area contributed by atoms with E-state index in [2.05, 4.69) is 29.9 Å². The van der Waals surface area contributed by atoms with E-state index in [1.54, 1.807) is 13.8 Å². The SMILES string of the molecule is CC1(C(=O)OCOP2(=O)CC[C@H]3O[C@@H](n4cnc5c(N)ncnc54)[C@H](F)[C@@H]3OP(=O)(OCOC(=O)C3(C)CCCCC3)OC[C@H]3O[C@@H](n4cnc5c(N)ncnc54)[C@H](F)[C@@H]3O2)CCCCC1. The molecule has 4 aromatic heterocycles. The first-order chi connectivity index (χ1) is 31.6. The second kappa shape index (κ2) is 18.6. The fraction of sp³-hybridized carbons (Fsp3) is 0.692. The number of phosphoric ester groups is 1. The van der Waals surface area contributed by atoms with Crippen LogP contribution in [0.25, 0.3) is 22.3 Å². The molecule has 0 amide bonds. The molecule has 4 N–H and O–H groups in total. The van der Waals surface area contributed by atoms with Gasteiger partial charge in [0.2, 0.25) is 13.6 Å². The number of alkyl halides is 2. The predicted molar refractivity (Wildman–Crippen MR) is 224 cm³/mol. The van der Waals surface area contributed by atoms with Gasteiger partial charge in [-0.15, -0.1) is 0 Å². The number of aromatic nitrogens is 8. The van der Waals surface area contributed by atoms with E-state index < -0.39 is 120 Å². The van der Waals surface area contributed by atoms with E-state index in [1.165, 1.54) is 21.8 Å². The van der Waals surface area contributed by atoms with Crippen LogP contribution in [-0.2, 0) is 60.3 Å². The molecule has 2 unspecified atom stereocenters. The maximum atomic E-state index is 17.1. The van der Waals surface area contributed by atoms with Crippen LogP contribution in [-0.4, -0.2) is 114 Å². The van der Waals surface area contributed by atoms with Crippen LogP contribution in [0.3, 0.4) is 0 Å². The summed E-state index contributed by atoms with van der Waals surface area (Å²) in [4.78, 5) is 51.2. The summed E-state index contributed by atoms with van der Waals surface area (Å²) in [5, 5.41) is 0. The van der Waals surface area contributed by atoms with E-state index >= 15 is 13.3 Å². The molecule has 10 atom stereocenters. The Morgan fingerprint density at radius 3 is 1.73 bits per heavy atom. The number of phosphoric acid groups is 1. The van der Waals surface area contributed by atoms with Gasteiger partial charge in [-0.1, -0.05) is 38.5 Å². The molecule has 9 rings (SSSR count). The third-order valence-electron chi connectivity index (χ3n) is 13.2. The molecule has 2 saturated carbocycles. The average Bonchev–Trinajstić information content (AvgIpc) is 4.07. The molecule has 3 aliphatic heterocycles. The first kappa shape index (κ1) is 46.8. The van der Waals surface area contributed by atoms with Crippen LogP contribution in [0.15, 0.2) is 25.3 Å². The Hall–Kier alpha value is -4.32. The molecule has 23 nitrogen and oxygen atoms in total. The number of halogens is 2. The summed E-state index contributed by atoms with van der Waals surface area (Å²) in [5.74, 6) is -1.17. The molecule has 0 spiro atoms. The highest BCUT2D eigenvalue weighted by molar-refractivity contribution is 7.53. The lowest BCUT2D eigenvalue weighted by atomic mass is 9.76. The Balaban J connectivity index is 1.04. The average molecular weight is 969 g/mol. The number of esters is 2. The standard InChI is InChI=1S/C39H52F2N10O13P2/c1-38(10-5-3-6-11-38)36(52)56-20-59-65(54)14-9-22-28(24(40)34(61-22)50-18-48-26-30(42)44-16-46-32(26)50)64-66(55,60-21-57-37(53)39(2)12-7-4-8-13-39)58-15-23-29(63-65)25(41)35(62-23)51-19-49-27-31(43)45-17-47-33(27)51/h16-19,22-25,28-29,34-35H,3-15,20-21H2,1-2H3,(H2,42,44,46)(H2,43,45,47)/t22-,23-,24-,25-,28-,29-,34-,35-,65?,66?/m1/s1. The number of carbonyl (C=O) groups excluding carboxylic acids is 2. The molecule has 27 heteroatoms. The van der Waals surface area contributed by atoms with Crippen molar-refractivity contribution in [1.29, 1.82) is 0 Å². The maximum absolute atomic E-state index is 17.1. The quantitative estimate of drug-likeness (QED) is 0.108. The zero-order valence-electron chi connectivity index (χ0n) is 36.2. The van der Waals surface area contributed by atoms with Crippen molar-refractivity contribution >= 4 is 61.3 Å². The number of nitrogens with two attached hydrogens (primary N) is 2. The van der Waals surface area contributed by atoms with Crippen molar-refractivity contribution in [3.8, 4) is 0 Å². The molecule has 0 radical (unpaired) electrons. The van der Waals surface area contributed by atoms with Gasteiger partial charge in [-0.25, -0.2) is 47.8 Å². The molecule has 0 bridgehead atoms. The van der Waals surface area contributed by atoms with Crippen LogP contribution in [0.5, 0.6) is 0 Å². The third kappa shape index (κ3) is 9.17. The summed E-state index contributed by atoms with van der Waals surface area (Å²) >= 11 is 0. The normalized spacial score (nSPS) is 33.6. The number of nitrogen functional groups attached to an aromatic ring is 2. The van der Waals surface area contributed by atoms with Gasteiger partial charge in [-0.2, -0.15) is 0 Å². The van der Waals surface area contributed by atoms with Crippen LogP contribution in [0.4, 0.5) is 20.4 Å². The van der Waals surface area contributed by atoms with Crippen molar-refractivity contribution in [1.82, 2.24) is 39.0 Å². The van der Waals surface area contributed by atoms with Crippen LogP contribution in [0.1, 0.15) is 96.9 Å². The van der Waals surface area contributed by atoms with E-state index in [4.69, 9.17) is 53.0 Å². The number of fused-ring (bicyclic) bond motifs is 4. The fourth-order valence-electron chi connectivity index (χ4n) is 9.32. The molecule has 2 aliphatic carbocycles. The minimum Gasteiger partial charge on any atom is -0.438 e. The van der Waals surface area contributed by atoms with Gasteiger partial charge < -0.3 is 30.4 Å². The van der Waals surface area contributed by atoms with Crippen molar-refractivity contribution in [2.24, 2.45) is 10.8 Å². The summed E-state index contributed by atoms with van der Waals surface area (Å²) < 4.78 is 119. The Kier molecular flexibility index (Phi) is 13.2. The van der Waals surface area contributed by atoms with E-state index in [1.807, 2.05) is 0 Å². The summed E-state index contributed by atoms with van der Waals surface area (Å²) in [6.07, 6.45) is -2.98.